The fourth-order valence-corrected chi connectivity index (χ4v) is 4.23. The molecule has 0 saturated heterocycles. The van der Waals surface area contributed by atoms with Crippen LogP contribution in [0.4, 0.5) is 11.4 Å². The molecule has 3 rings (SSSR count). The van der Waals surface area contributed by atoms with Crippen LogP contribution in [0.5, 0.6) is 0 Å². The highest BCUT2D eigenvalue weighted by atomic mass is 35.5. The van der Waals surface area contributed by atoms with E-state index in [1.165, 1.54) is 24.3 Å². The van der Waals surface area contributed by atoms with Crippen LogP contribution >= 0.6 is 23.2 Å². The molecule has 0 spiro atoms. The van der Waals surface area contributed by atoms with Gasteiger partial charge in [0.05, 0.1) is 34.1 Å². The van der Waals surface area contributed by atoms with E-state index >= 15 is 0 Å². The van der Waals surface area contributed by atoms with Crippen LogP contribution < -0.4 is 9.62 Å². The van der Waals surface area contributed by atoms with Gasteiger partial charge in [-0.3, -0.25) is 9.10 Å². The van der Waals surface area contributed by atoms with Gasteiger partial charge in [-0.1, -0.05) is 41.4 Å². The quantitative estimate of drug-likeness (QED) is 0.487. The van der Waals surface area contributed by atoms with Crippen molar-refractivity contribution in [2.45, 2.75) is 6.54 Å². The number of benzene rings is 3. The molecule has 32 heavy (non-hydrogen) atoms. The number of nitrogens with zero attached hydrogens (tertiary/aromatic N) is 1. The third-order valence-corrected chi connectivity index (χ3v) is 6.47. The molecule has 0 aliphatic heterocycles. The Morgan fingerprint density at radius 1 is 0.938 bits per heavy atom. The van der Waals surface area contributed by atoms with Crippen molar-refractivity contribution in [3.8, 4) is 0 Å². The molecule has 0 radical (unpaired) electrons. The van der Waals surface area contributed by atoms with Gasteiger partial charge in [0.2, 0.25) is 10.0 Å². The first-order chi connectivity index (χ1) is 15.1. The van der Waals surface area contributed by atoms with Crippen LogP contribution in [0.25, 0.3) is 0 Å². The number of sulfonamides is 1. The monoisotopic (exact) mass is 492 g/mol. The zero-order valence-electron chi connectivity index (χ0n) is 16.7. The Kier molecular flexibility index (Phi) is 7.08. The summed E-state index contributed by atoms with van der Waals surface area (Å²) in [6, 6.07) is 16.9. The molecule has 0 unspecified atom stereocenters. The van der Waals surface area contributed by atoms with Crippen LogP contribution in [0, 0.1) is 0 Å². The fraction of sp³-hybridized carbons (Fsp3) is 0.0909. The molecule has 3 aromatic rings. The number of carboxylic acid groups (broad SMARTS) is 1. The van der Waals surface area contributed by atoms with Crippen LogP contribution in [-0.4, -0.2) is 31.7 Å². The van der Waals surface area contributed by atoms with E-state index in [4.69, 9.17) is 28.3 Å². The van der Waals surface area contributed by atoms with E-state index in [0.717, 1.165) is 10.6 Å². The number of anilines is 2. The summed E-state index contributed by atoms with van der Waals surface area (Å²) < 4.78 is 25.9. The van der Waals surface area contributed by atoms with Gasteiger partial charge in [-0.15, -0.1) is 0 Å². The van der Waals surface area contributed by atoms with Gasteiger partial charge in [-0.25, -0.2) is 13.2 Å². The molecule has 10 heteroatoms. The Hall–Kier alpha value is -3.07. The molecule has 0 aromatic heterocycles. The third kappa shape index (κ3) is 5.59. The first-order valence-corrected chi connectivity index (χ1v) is 11.8. The lowest BCUT2D eigenvalue weighted by molar-refractivity contribution is 0.0696. The van der Waals surface area contributed by atoms with Gasteiger partial charge < -0.3 is 10.4 Å². The van der Waals surface area contributed by atoms with Crippen LogP contribution in [0.15, 0.2) is 66.7 Å². The highest BCUT2D eigenvalue weighted by Gasteiger charge is 2.21. The lowest BCUT2D eigenvalue weighted by Gasteiger charge is -2.24. The predicted molar refractivity (Wildman–Crippen MR) is 125 cm³/mol. The summed E-state index contributed by atoms with van der Waals surface area (Å²) in [7, 11) is -3.66. The van der Waals surface area contributed by atoms with Crippen molar-refractivity contribution in [1.82, 2.24) is 0 Å². The summed E-state index contributed by atoms with van der Waals surface area (Å²) in [6.07, 6.45) is 1.07. The molecule has 7 nitrogen and oxygen atoms in total. The van der Waals surface area contributed by atoms with Crippen LogP contribution in [-0.2, 0) is 16.6 Å². The minimum absolute atomic E-state index is 0.00253. The summed E-state index contributed by atoms with van der Waals surface area (Å²) in [5.74, 6) is -1.45. The molecule has 0 atom stereocenters. The number of amides is 1. The SMILES string of the molecule is CS(=O)(=O)N(Cc1ccc(C(=O)Nc2ccc(C(=O)O)cc2)cc1)c1cccc(Cl)c1Cl. The minimum atomic E-state index is -3.66. The largest absolute Gasteiger partial charge is 0.478 e. The van der Waals surface area contributed by atoms with Crippen molar-refractivity contribution in [1.29, 1.82) is 0 Å². The highest BCUT2D eigenvalue weighted by Crippen LogP contribution is 2.34. The number of carbonyl (C=O) groups is 2. The Morgan fingerprint density at radius 3 is 2.09 bits per heavy atom. The minimum Gasteiger partial charge on any atom is -0.478 e. The maximum atomic E-state index is 12.5. The van der Waals surface area contributed by atoms with E-state index in [0.29, 0.717) is 16.8 Å². The Labute approximate surface area is 195 Å². The number of hydrogen-bond acceptors (Lipinski definition) is 4. The first kappa shape index (κ1) is 23.6. The van der Waals surface area contributed by atoms with Crippen molar-refractivity contribution < 1.29 is 23.1 Å². The van der Waals surface area contributed by atoms with Gasteiger partial charge in [0.1, 0.15) is 0 Å². The zero-order chi connectivity index (χ0) is 23.5. The van der Waals surface area contributed by atoms with E-state index < -0.39 is 21.9 Å². The maximum absolute atomic E-state index is 12.5. The summed E-state index contributed by atoms with van der Waals surface area (Å²) in [6.45, 7) is -0.00253. The van der Waals surface area contributed by atoms with Crippen LogP contribution in [0.1, 0.15) is 26.3 Å². The topological polar surface area (TPSA) is 104 Å². The lowest BCUT2D eigenvalue weighted by atomic mass is 10.1. The van der Waals surface area contributed by atoms with Gasteiger partial charge in [-0.05, 0) is 54.1 Å². The van der Waals surface area contributed by atoms with Gasteiger partial charge in [0.15, 0.2) is 0 Å². The Bertz CT molecular complexity index is 1260. The third-order valence-electron chi connectivity index (χ3n) is 4.53. The number of hydrogen-bond donors (Lipinski definition) is 2. The van der Waals surface area contributed by atoms with Crippen LogP contribution in [0.2, 0.25) is 10.0 Å². The molecule has 166 valence electrons. The molecular formula is C22H18Cl2N2O5S. The van der Waals surface area contributed by atoms with E-state index in [9.17, 15) is 18.0 Å². The maximum Gasteiger partial charge on any atom is 0.335 e. The summed E-state index contributed by atoms with van der Waals surface area (Å²) in [5, 5.41) is 12.0. The molecule has 0 bridgehead atoms. The average molecular weight is 493 g/mol. The molecular weight excluding hydrogens is 475 g/mol. The van der Waals surface area contributed by atoms with Gasteiger partial charge >= 0.3 is 5.97 Å². The lowest BCUT2D eigenvalue weighted by Crippen LogP contribution is -2.29. The zero-order valence-corrected chi connectivity index (χ0v) is 19.1. The molecule has 1 amide bonds. The molecule has 3 aromatic carbocycles. The number of aromatic carboxylic acids is 1. The second-order valence-corrected chi connectivity index (χ2v) is 9.57. The number of carboxylic acids is 1. The molecule has 0 aliphatic carbocycles. The van der Waals surface area contributed by atoms with E-state index in [1.807, 2.05) is 0 Å². The summed E-state index contributed by atoms with van der Waals surface area (Å²) in [5.41, 5.74) is 1.80. The van der Waals surface area contributed by atoms with E-state index in [1.54, 1.807) is 42.5 Å². The van der Waals surface area contributed by atoms with Crippen molar-refractivity contribution in [3.63, 3.8) is 0 Å². The number of halogens is 2. The van der Waals surface area contributed by atoms with E-state index in [2.05, 4.69) is 5.32 Å². The highest BCUT2D eigenvalue weighted by molar-refractivity contribution is 7.92. The summed E-state index contributed by atoms with van der Waals surface area (Å²) in [4.78, 5) is 23.4. The standard InChI is InChI=1S/C22H18Cl2N2O5S/c1-32(30,31)26(19-4-2-3-18(23)20(19)24)13-14-5-7-15(8-6-14)21(27)25-17-11-9-16(10-12-17)22(28)29/h2-12H,13H2,1H3,(H,25,27)(H,28,29). The van der Waals surface area contributed by atoms with Crippen molar-refractivity contribution >= 4 is 56.5 Å². The van der Waals surface area contributed by atoms with Gasteiger partial charge in [0.25, 0.3) is 5.91 Å². The van der Waals surface area contributed by atoms with Crippen LogP contribution in [0.3, 0.4) is 0 Å². The molecule has 0 fully saturated rings. The van der Waals surface area contributed by atoms with Gasteiger partial charge in [-0.2, -0.15) is 0 Å². The number of carbonyl (C=O) groups excluding carboxylic acids is 1. The van der Waals surface area contributed by atoms with E-state index in [-0.39, 0.29) is 27.8 Å². The fourth-order valence-electron chi connectivity index (χ4n) is 2.89. The second-order valence-electron chi connectivity index (χ2n) is 6.88. The average Bonchev–Trinajstić information content (AvgIpc) is 2.74. The molecule has 0 heterocycles. The predicted octanol–water partition coefficient (Wildman–Crippen LogP) is 4.91. The van der Waals surface area contributed by atoms with Crippen molar-refractivity contribution in [3.05, 3.63) is 93.5 Å². The Morgan fingerprint density at radius 2 is 1.53 bits per heavy atom. The number of rotatable bonds is 7. The van der Waals surface area contributed by atoms with Gasteiger partial charge in [0, 0.05) is 11.3 Å². The summed E-state index contributed by atoms with van der Waals surface area (Å²) >= 11 is 12.2. The van der Waals surface area contributed by atoms with Crippen molar-refractivity contribution in [2.75, 3.05) is 15.9 Å². The second kappa shape index (κ2) is 9.60. The Balaban J connectivity index is 1.77. The molecule has 2 N–H and O–H groups in total. The molecule has 0 aliphatic rings. The smallest absolute Gasteiger partial charge is 0.335 e. The van der Waals surface area contributed by atoms with Crippen molar-refractivity contribution in [2.24, 2.45) is 0 Å². The normalized spacial score (nSPS) is 11.1. The first-order valence-electron chi connectivity index (χ1n) is 9.21. The number of nitrogens with one attached hydrogen (secondary N) is 1. The molecule has 0 saturated carbocycles.